The van der Waals surface area contributed by atoms with Crippen LogP contribution in [0.1, 0.15) is 18.4 Å². The number of rotatable bonds is 5. The molecule has 0 aromatic heterocycles. The van der Waals surface area contributed by atoms with Crippen molar-refractivity contribution in [2.24, 2.45) is 5.73 Å². The van der Waals surface area contributed by atoms with Gasteiger partial charge in [-0.2, -0.15) is 0 Å². The predicted octanol–water partition coefficient (Wildman–Crippen LogP) is 1.53. The third kappa shape index (κ3) is 3.68. The Morgan fingerprint density at radius 2 is 2.00 bits per heavy atom. The van der Waals surface area contributed by atoms with Crippen LogP contribution in [0, 0.1) is 0 Å². The molecule has 3 N–H and O–H groups in total. The topological polar surface area (TPSA) is 81.4 Å². The van der Waals surface area contributed by atoms with Crippen LogP contribution in [0.15, 0.2) is 42.5 Å². The number of fused-ring (bicyclic) bond motifs is 1. The van der Waals surface area contributed by atoms with Gasteiger partial charge in [-0.3, -0.25) is 9.59 Å². The number of amides is 2. The van der Waals surface area contributed by atoms with Crippen LogP contribution in [0.4, 0.5) is 0 Å². The highest BCUT2D eigenvalue weighted by atomic mass is 16.5. The molecule has 2 amide bonds. The first-order valence-electron chi connectivity index (χ1n) is 7.82. The molecule has 5 heteroatoms. The van der Waals surface area contributed by atoms with Crippen molar-refractivity contribution in [1.82, 2.24) is 5.32 Å². The fraction of sp³-hybridized carbons (Fsp3) is 0.333. The number of ether oxygens (including phenoxy) is 1. The average molecular weight is 312 g/mol. The molecule has 2 atom stereocenters. The molecule has 2 aromatic carbocycles. The van der Waals surface area contributed by atoms with E-state index in [4.69, 9.17) is 10.5 Å². The Labute approximate surface area is 134 Å². The maximum atomic E-state index is 12.1. The zero-order valence-corrected chi connectivity index (χ0v) is 12.8. The van der Waals surface area contributed by atoms with Gasteiger partial charge in [0.15, 0.2) is 0 Å². The highest BCUT2D eigenvalue weighted by molar-refractivity contribution is 5.89. The first-order valence-corrected chi connectivity index (χ1v) is 7.82. The van der Waals surface area contributed by atoms with Crippen molar-refractivity contribution >= 4 is 22.6 Å². The summed E-state index contributed by atoms with van der Waals surface area (Å²) in [6, 6.07) is 13.2. The van der Waals surface area contributed by atoms with Gasteiger partial charge < -0.3 is 15.8 Å². The minimum Gasteiger partial charge on any atom is -0.368 e. The maximum Gasteiger partial charge on any atom is 0.249 e. The second-order valence-electron chi connectivity index (χ2n) is 5.85. The second-order valence-corrected chi connectivity index (χ2v) is 5.85. The van der Waals surface area contributed by atoms with Gasteiger partial charge in [0.05, 0.1) is 0 Å². The number of hydrogen-bond donors (Lipinski definition) is 2. The van der Waals surface area contributed by atoms with Crippen LogP contribution in [0.3, 0.4) is 0 Å². The average Bonchev–Trinajstić information content (AvgIpc) is 3.08. The molecule has 0 bridgehead atoms. The lowest BCUT2D eigenvalue weighted by molar-refractivity contribution is -0.133. The molecule has 0 aliphatic carbocycles. The van der Waals surface area contributed by atoms with Gasteiger partial charge in [0.25, 0.3) is 0 Å². The molecule has 120 valence electrons. The van der Waals surface area contributed by atoms with Crippen molar-refractivity contribution in [2.45, 2.75) is 31.4 Å². The summed E-state index contributed by atoms with van der Waals surface area (Å²) in [6.07, 6.45) is 1.46. The Kier molecular flexibility index (Phi) is 4.57. The molecule has 0 radical (unpaired) electrons. The van der Waals surface area contributed by atoms with Gasteiger partial charge in [-0.15, -0.1) is 0 Å². The largest absolute Gasteiger partial charge is 0.368 e. The highest BCUT2D eigenvalue weighted by Crippen LogP contribution is 2.17. The quantitative estimate of drug-likeness (QED) is 0.878. The maximum absolute atomic E-state index is 12.1. The highest BCUT2D eigenvalue weighted by Gasteiger charge is 2.27. The lowest BCUT2D eigenvalue weighted by Gasteiger charge is -2.18. The van der Waals surface area contributed by atoms with Crippen LogP contribution in [0.25, 0.3) is 10.8 Å². The van der Waals surface area contributed by atoms with Crippen molar-refractivity contribution in [2.75, 3.05) is 6.61 Å². The molecule has 0 spiro atoms. The van der Waals surface area contributed by atoms with Crippen molar-refractivity contribution in [1.29, 1.82) is 0 Å². The first kappa shape index (κ1) is 15.5. The lowest BCUT2D eigenvalue weighted by Crippen LogP contribution is -2.49. The third-order valence-electron chi connectivity index (χ3n) is 4.14. The number of nitrogens with one attached hydrogen (secondary N) is 1. The van der Waals surface area contributed by atoms with Crippen LogP contribution in [0.5, 0.6) is 0 Å². The molecule has 5 nitrogen and oxygen atoms in total. The van der Waals surface area contributed by atoms with E-state index in [9.17, 15) is 9.59 Å². The Bertz CT molecular complexity index is 723. The van der Waals surface area contributed by atoms with E-state index in [1.54, 1.807) is 0 Å². The summed E-state index contributed by atoms with van der Waals surface area (Å²) in [5.74, 6) is -0.795. The second kappa shape index (κ2) is 6.79. The molecule has 1 heterocycles. The Hall–Kier alpha value is -2.40. The van der Waals surface area contributed by atoms with E-state index in [1.165, 1.54) is 0 Å². The first-order chi connectivity index (χ1) is 11.1. The van der Waals surface area contributed by atoms with Gasteiger partial charge in [0.1, 0.15) is 12.1 Å². The predicted molar refractivity (Wildman–Crippen MR) is 87.8 cm³/mol. The zero-order chi connectivity index (χ0) is 16.2. The molecule has 2 aromatic rings. The number of carbonyl (C=O) groups is 2. The minimum absolute atomic E-state index is 0.257. The summed E-state index contributed by atoms with van der Waals surface area (Å²) >= 11 is 0. The Morgan fingerprint density at radius 1 is 1.22 bits per heavy atom. The van der Waals surface area contributed by atoms with Crippen LogP contribution in [-0.4, -0.2) is 30.6 Å². The monoisotopic (exact) mass is 312 g/mol. The fourth-order valence-corrected chi connectivity index (χ4v) is 2.87. The van der Waals surface area contributed by atoms with Gasteiger partial charge >= 0.3 is 0 Å². The van der Waals surface area contributed by atoms with E-state index < -0.39 is 18.1 Å². The molecular weight excluding hydrogens is 292 g/mol. The van der Waals surface area contributed by atoms with Gasteiger partial charge in [-0.05, 0) is 29.2 Å². The summed E-state index contributed by atoms with van der Waals surface area (Å²) in [4.78, 5) is 23.8. The molecule has 0 unspecified atom stereocenters. The van der Waals surface area contributed by atoms with E-state index in [0.29, 0.717) is 19.4 Å². The molecule has 1 aliphatic heterocycles. The molecule has 1 aliphatic rings. The normalized spacial score (nSPS) is 18.7. The smallest absolute Gasteiger partial charge is 0.249 e. The van der Waals surface area contributed by atoms with E-state index >= 15 is 0 Å². The fourth-order valence-electron chi connectivity index (χ4n) is 2.87. The van der Waals surface area contributed by atoms with Crippen molar-refractivity contribution in [3.63, 3.8) is 0 Å². The molecule has 3 rings (SSSR count). The molecule has 1 saturated heterocycles. The van der Waals surface area contributed by atoms with Crippen LogP contribution >= 0.6 is 0 Å². The number of primary amides is 1. The summed E-state index contributed by atoms with van der Waals surface area (Å²) in [7, 11) is 0. The summed E-state index contributed by atoms with van der Waals surface area (Å²) in [6.45, 7) is 0.587. The Balaban J connectivity index is 1.72. The summed E-state index contributed by atoms with van der Waals surface area (Å²) < 4.78 is 5.34. The molecule has 23 heavy (non-hydrogen) atoms. The van der Waals surface area contributed by atoms with Crippen LogP contribution < -0.4 is 11.1 Å². The van der Waals surface area contributed by atoms with Crippen LogP contribution in [-0.2, 0) is 20.7 Å². The Morgan fingerprint density at radius 3 is 2.70 bits per heavy atom. The lowest BCUT2D eigenvalue weighted by atomic mass is 10.0. The van der Waals surface area contributed by atoms with Gasteiger partial charge in [0, 0.05) is 13.0 Å². The minimum atomic E-state index is -0.729. The van der Waals surface area contributed by atoms with E-state index in [-0.39, 0.29) is 5.91 Å². The number of carbonyl (C=O) groups excluding carboxylic acids is 2. The van der Waals surface area contributed by atoms with Crippen molar-refractivity contribution < 1.29 is 14.3 Å². The van der Waals surface area contributed by atoms with Crippen molar-refractivity contribution in [3.05, 3.63) is 48.0 Å². The van der Waals surface area contributed by atoms with Gasteiger partial charge in [0.2, 0.25) is 11.8 Å². The molecule has 0 saturated carbocycles. The number of hydrogen-bond acceptors (Lipinski definition) is 3. The zero-order valence-electron chi connectivity index (χ0n) is 12.8. The third-order valence-corrected chi connectivity index (χ3v) is 4.14. The van der Waals surface area contributed by atoms with Crippen LogP contribution in [0.2, 0.25) is 0 Å². The number of nitrogens with two attached hydrogens (primary N) is 1. The summed E-state index contributed by atoms with van der Waals surface area (Å²) in [5, 5.41) is 4.95. The van der Waals surface area contributed by atoms with Gasteiger partial charge in [-0.1, -0.05) is 42.5 Å². The van der Waals surface area contributed by atoms with E-state index in [2.05, 4.69) is 5.32 Å². The molecule has 1 fully saturated rings. The van der Waals surface area contributed by atoms with Crippen molar-refractivity contribution in [3.8, 4) is 0 Å². The van der Waals surface area contributed by atoms with E-state index in [1.807, 2.05) is 42.5 Å². The van der Waals surface area contributed by atoms with E-state index in [0.717, 1.165) is 22.8 Å². The standard InChI is InChI=1S/C18H20N2O3/c19-17(21)15(20-18(22)16-6-3-9-23-16)11-12-7-8-13-4-1-2-5-14(13)10-12/h1-2,4-5,7-8,10,15-16H,3,6,9,11H2,(H2,19,21)(H,20,22)/t15-,16+/m1/s1. The number of benzene rings is 2. The summed E-state index contributed by atoms with van der Waals surface area (Å²) in [5.41, 5.74) is 6.41. The molecular formula is C18H20N2O3. The van der Waals surface area contributed by atoms with Gasteiger partial charge in [-0.25, -0.2) is 0 Å². The SMILES string of the molecule is NC(=O)[C@@H](Cc1ccc2ccccc2c1)NC(=O)[C@@H]1CCCO1.